The van der Waals surface area contributed by atoms with Crippen molar-refractivity contribution >= 4 is 5.91 Å². The molecular weight excluding hydrogens is 240 g/mol. The molecule has 0 aromatic heterocycles. The number of ether oxygens (including phenoxy) is 1. The Morgan fingerprint density at radius 3 is 3.00 bits per heavy atom. The largest absolute Gasteiger partial charge is 0.493 e. The highest BCUT2D eigenvalue weighted by atomic mass is 16.5. The van der Waals surface area contributed by atoms with Gasteiger partial charge in [0.2, 0.25) is 5.91 Å². The normalized spacial score (nSPS) is 23.2. The second-order valence-corrected chi connectivity index (χ2v) is 5.51. The summed E-state index contributed by atoms with van der Waals surface area (Å²) < 4.78 is 5.78. The highest BCUT2D eigenvalue weighted by Gasteiger charge is 2.46. The van der Waals surface area contributed by atoms with E-state index in [1.807, 2.05) is 12.1 Å². The van der Waals surface area contributed by atoms with Crippen LogP contribution in [0.15, 0.2) is 18.2 Å². The Balaban J connectivity index is 1.84. The van der Waals surface area contributed by atoms with E-state index in [4.69, 9.17) is 10.5 Å². The third-order valence-electron chi connectivity index (χ3n) is 4.08. The molecule has 1 aliphatic heterocycles. The van der Waals surface area contributed by atoms with Crippen molar-refractivity contribution in [2.75, 3.05) is 6.61 Å². The molecule has 1 aromatic rings. The van der Waals surface area contributed by atoms with Crippen molar-refractivity contribution < 1.29 is 9.53 Å². The van der Waals surface area contributed by atoms with E-state index in [-0.39, 0.29) is 11.9 Å². The van der Waals surface area contributed by atoms with Crippen molar-refractivity contribution in [1.29, 1.82) is 0 Å². The monoisotopic (exact) mass is 260 g/mol. The lowest BCUT2D eigenvalue weighted by Crippen LogP contribution is -2.45. The molecule has 1 aromatic carbocycles. The zero-order valence-electron chi connectivity index (χ0n) is 11.2. The van der Waals surface area contributed by atoms with E-state index in [0.717, 1.165) is 37.0 Å². The number of amides is 1. The van der Waals surface area contributed by atoms with E-state index in [9.17, 15) is 4.79 Å². The number of hydrogen-bond acceptors (Lipinski definition) is 3. The van der Waals surface area contributed by atoms with Crippen LogP contribution in [-0.4, -0.2) is 18.1 Å². The maximum absolute atomic E-state index is 12.1. The highest BCUT2D eigenvalue weighted by molar-refractivity contribution is 5.89. The Hall–Kier alpha value is -1.55. The van der Waals surface area contributed by atoms with Gasteiger partial charge in [0.25, 0.3) is 0 Å². The SMILES string of the molecule is CCc1cccc2c1OCCC2NC(=O)C1(N)CC1. The topological polar surface area (TPSA) is 64.3 Å². The fraction of sp³-hybridized carbons (Fsp3) is 0.533. The Labute approximate surface area is 113 Å². The molecule has 102 valence electrons. The Kier molecular flexibility index (Phi) is 2.97. The van der Waals surface area contributed by atoms with Gasteiger partial charge in [-0.05, 0) is 24.8 Å². The van der Waals surface area contributed by atoms with Gasteiger partial charge < -0.3 is 15.8 Å². The predicted molar refractivity (Wildman–Crippen MR) is 73.0 cm³/mol. The average molecular weight is 260 g/mol. The van der Waals surface area contributed by atoms with Gasteiger partial charge in [-0.15, -0.1) is 0 Å². The molecule has 2 aliphatic rings. The van der Waals surface area contributed by atoms with Gasteiger partial charge >= 0.3 is 0 Å². The molecule has 0 saturated heterocycles. The summed E-state index contributed by atoms with van der Waals surface area (Å²) in [7, 11) is 0. The molecule has 1 amide bonds. The van der Waals surface area contributed by atoms with E-state index in [1.165, 1.54) is 5.56 Å². The van der Waals surface area contributed by atoms with Crippen molar-refractivity contribution in [2.24, 2.45) is 5.73 Å². The third kappa shape index (κ3) is 2.21. The van der Waals surface area contributed by atoms with E-state index < -0.39 is 5.54 Å². The van der Waals surface area contributed by atoms with Crippen molar-refractivity contribution in [2.45, 2.75) is 44.2 Å². The minimum atomic E-state index is -0.610. The number of rotatable bonds is 3. The first-order valence-electron chi connectivity index (χ1n) is 6.98. The lowest BCUT2D eigenvalue weighted by atomic mass is 9.96. The Bertz CT molecular complexity index is 509. The molecule has 4 heteroatoms. The molecule has 3 N–H and O–H groups in total. The summed E-state index contributed by atoms with van der Waals surface area (Å²) in [6.07, 6.45) is 3.33. The summed E-state index contributed by atoms with van der Waals surface area (Å²) in [5.41, 5.74) is 7.62. The van der Waals surface area contributed by atoms with Crippen LogP contribution in [0.5, 0.6) is 5.75 Å². The van der Waals surface area contributed by atoms with Crippen molar-refractivity contribution in [3.63, 3.8) is 0 Å². The van der Waals surface area contributed by atoms with E-state index >= 15 is 0 Å². The summed E-state index contributed by atoms with van der Waals surface area (Å²) in [6, 6.07) is 6.17. The highest BCUT2D eigenvalue weighted by Crippen LogP contribution is 2.37. The van der Waals surface area contributed by atoms with Crippen LogP contribution in [0.1, 0.15) is 43.4 Å². The smallest absolute Gasteiger partial charge is 0.240 e. The number of fused-ring (bicyclic) bond motifs is 1. The van der Waals surface area contributed by atoms with Gasteiger partial charge in [-0.3, -0.25) is 4.79 Å². The lowest BCUT2D eigenvalue weighted by Gasteiger charge is -2.29. The zero-order chi connectivity index (χ0) is 13.5. The summed E-state index contributed by atoms with van der Waals surface area (Å²) in [5, 5.41) is 3.08. The molecule has 1 unspecified atom stereocenters. The van der Waals surface area contributed by atoms with Gasteiger partial charge in [-0.1, -0.05) is 25.1 Å². The standard InChI is InChI=1S/C15H20N2O2/c1-2-10-4-3-5-11-12(6-9-19-13(10)11)17-14(18)15(16)7-8-15/h3-5,12H,2,6-9,16H2,1H3,(H,17,18). The minimum absolute atomic E-state index is 0.0211. The maximum Gasteiger partial charge on any atom is 0.240 e. The molecule has 1 atom stereocenters. The summed E-state index contributed by atoms with van der Waals surface area (Å²) in [6.45, 7) is 2.76. The second-order valence-electron chi connectivity index (χ2n) is 5.51. The Morgan fingerprint density at radius 2 is 2.32 bits per heavy atom. The van der Waals surface area contributed by atoms with Crippen LogP contribution < -0.4 is 15.8 Å². The predicted octanol–water partition coefficient (Wildman–Crippen LogP) is 1.68. The molecule has 1 heterocycles. The molecular formula is C15H20N2O2. The first-order valence-corrected chi connectivity index (χ1v) is 6.98. The van der Waals surface area contributed by atoms with E-state index in [2.05, 4.69) is 18.3 Å². The fourth-order valence-corrected chi connectivity index (χ4v) is 2.58. The minimum Gasteiger partial charge on any atom is -0.493 e. The molecule has 1 aliphatic carbocycles. The third-order valence-corrected chi connectivity index (χ3v) is 4.08. The van der Waals surface area contributed by atoms with Crippen LogP contribution in [0.4, 0.5) is 0 Å². The number of carbonyl (C=O) groups excluding carboxylic acids is 1. The van der Waals surface area contributed by atoms with Crippen LogP contribution in [-0.2, 0) is 11.2 Å². The van der Waals surface area contributed by atoms with Crippen molar-refractivity contribution in [1.82, 2.24) is 5.32 Å². The molecule has 0 radical (unpaired) electrons. The molecule has 19 heavy (non-hydrogen) atoms. The van der Waals surface area contributed by atoms with Gasteiger partial charge in [0.15, 0.2) is 0 Å². The number of benzene rings is 1. The number of nitrogens with two attached hydrogens (primary N) is 1. The first kappa shape index (κ1) is 12.5. The molecule has 1 saturated carbocycles. The van der Waals surface area contributed by atoms with Crippen molar-refractivity contribution in [3.05, 3.63) is 29.3 Å². The van der Waals surface area contributed by atoms with Crippen LogP contribution >= 0.6 is 0 Å². The van der Waals surface area contributed by atoms with Crippen LogP contribution in [0.25, 0.3) is 0 Å². The van der Waals surface area contributed by atoms with Gasteiger partial charge in [-0.2, -0.15) is 0 Å². The number of aryl methyl sites for hydroxylation is 1. The maximum atomic E-state index is 12.1. The first-order chi connectivity index (χ1) is 9.14. The van der Waals surface area contributed by atoms with Crippen LogP contribution in [0, 0.1) is 0 Å². The van der Waals surface area contributed by atoms with Gasteiger partial charge in [0.1, 0.15) is 5.75 Å². The zero-order valence-corrected chi connectivity index (χ0v) is 11.2. The fourth-order valence-electron chi connectivity index (χ4n) is 2.58. The molecule has 0 bridgehead atoms. The van der Waals surface area contributed by atoms with Gasteiger partial charge in [-0.25, -0.2) is 0 Å². The van der Waals surface area contributed by atoms with E-state index in [1.54, 1.807) is 0 Å². The number of para-hydroxylation sites is 1. The van der Waals surface area contributed by atoms with Crippen LogP contribution in [0.3, 0.4) is 0 Å². The molecule has 0 spiro atoms. The second kappa shape index (κ2) is 4.53. The number of carbonyl (C=O) groups is 1. The van der Waals surface area contributed by atoms with Crippen molar-refractivity contribution in [3.8, 4) is 5.75 Å². The average Bonchev–Trinajstić information content (AvgIpc) is 3.18. The molecule has 1 fully saturated rings. The lowest BCUT2D eigenvalue weighted by molar-refractivity contribution is -0.124. The van der Waals surface area contributed by atoms with Gasteiger partial charge in [0, 0.05) is 12.0 Å². The summed E-state index contributed by atoms with van der Waals surface area (Å²) >= 11 is 0. The van der Waals surface area contributed by atoms with E-state index in [0.29, 0.717) is 6.61 Å². The number of nitrogens with one attached hydrogen (secondary N) is 1. The van der Waals surface area contributed by atoms with Crippen LogP contribution in [0.2, 0.25) is 0 Å². The number of hydrogen-bond donors (Lipinski definition) is 2. The molecule has 4 nitrogen and oxygen atoms in total. The Morgan fingerprint density at radius 1 is 1.53 bits per heavy atom. The quantitative estimate of drug-likeness (QED) is 0.869. The van der Waals surface area contributed by atoms with Gasteiger partial charge in [0.05, 0.1) is 18.2 Å². The summed E-state index contributed by atoms with van der Waals surface area (Å²) in [5.74, 6) is 0.927. The molecule has 3 rings (SSSR count). The summed E-state index contributed by atoms with van der Waals surface area (Å²) in [4.78, 5) is 12.1.